The van der Waals surface area contributed by atoms with Crippen molar-refractivity contribution in [2.75, 3.05) is 4.90 Å². The topological polar surface area (TPSA) is 21.3 Å². The van der Waals surface area contributed by atoms with Gasteiger partial charge in [-0.05, 0) is 76.2 Å². The van der Waals surface area contributed by atoms with Gasteiger partial charge in [0.1, 0.15) is 11.2 Å². The van der Waals surface area contributed by atoms with E-state index in [1.165, 1.54) is 49.1 Å². The normalized spacial score (nSPS) is 14.2. The highest BCUT2D eigenvalue weighted by atomic mass is 16.3. The Morgan fingerprint density at radius 2 is 1.20 bits per heavy atom. The molecule has 0 spiro atoms. The van der Waals surface area contributed by atoms with Gasteiger partial charge in [-0.25, -0.2) is 0 Å². The molecule has 12 rings (SSSR count). The Balaban J connectivity index is 1.12. The molecule has 0 fully saturated rings. The van der Waals surface area contributed by atoms with Crippen molar-refractivity contribution in [2.24, 2.45) is 0 Å². The maximum atomic E-state index is 6.69. The van der Waals surface area contributed by atoms with Crippen molar-refractivity contribution < 1.29 is 4.42 Å². The van der Waals surface area contributed by atoms with Crippen molar-refractivity contribution in [2.45, 2.75) is 12.3 Å². The van der Waals surface area contributed by atoms with E-state index in [-0.39, 0.29) is 0 Å². The Hall–Kier alpha value is -7.62. The summed E-state index contributed by atoms with van der Waals surface area (Å²) in [4.78, 5) is 2.46. The van der Waals surface area contributed by atoms with E-state index in [9.17, 15) is 0 Å². The summed E-state index contributed by atoms with van der Waals surface area (Å²) >= 11 is 0. The molecular formula is C56H38N2O. The van der Waals surface area contributed by atoms with E-state index >= 15 is 0 Å². The molecular weight excluding hydrogens is 717 g/mol. The monoisotopic (exact) mass is 754 g/mol. The third kappa shape index (κ3) is 5.43. The molecule has 59 heavy (non-hydrogen) atoms. The second-order valence-corrected chi connectivity index (χ2v) is 15.6. The van der Waals surface area contributed by atoms with Crippen LogP contribution in [0, 0.1) is 0 Å². The van der Waals surface area contributed by atoms with E-state index < -0.39 is 0 Å². The predicted molar refractivity (Wildman–Crippen MR) is 249 cm³/mol. The molecule has 2 aromatic heterocycles. The summed E-state index contributed by atoms with van der Waals surface area (Å²) in [6.45, 7) is 0. The van der Waals surface area contributed by atoms with E-state index in [1.54, 1.807) is 0 Å². The average molecular weight is 755 g/mol. The lowest BCUT2D eigenvalue weighted by atomic mass is 9.87. The number of para-hydroxylation sites is 3. The highest BCUT2D eigenvalue weighted by molar-refractivity contribution is 6.23. The first-order chi connectivity index (χ1) is 29.3. The minimum Gasteiger partial charge on any atom is -0.456 e. The molecule has 0 N–H and O–H groups in total. The fourth-order valence-corrected chi connectivity index (χ4v) is 9.54. The molecule has 1 unspecified atom stereocenters. The number of furan rings is 1. The Morgan fingerprint density at radius 3 is 2.07 bits per heavy atom. The smallest absolute Gasteiger partial charge is 0.138 e. The Kier molecular flexibility index (Phi) is 7.67. The van der Waals surface area contributed by atoms with Gasteiger partial charge in [0, 0.05) is 55.9 Å². The molecule has 278 valence electrons. The van der Waals surface area contributed by atoms with Crippen molar-refractivity contribution in [3.8, 4) is 5.69 Å². The number of allylic oxidation sites excluding steroid dienone is 4. The summed E-state index contributed by atoms with van der Waals surface area (Å²) in [6.07, 6.45) is 8.04. The summed E-state index contributed by atoms with van der Waals surface area (Å²) in [7, 11) is 0. The van der Waals surface area contributed by atoms with Crippen LogP contribution in [0.3, 0.4) is 0 Å². The van der Waals surface area contributed by atoms with Crippen LogP contribution >= 0.6 is 0 Å². The Bertz CT molecular complexity index is 3490. The fourth-order valence-electron chi connectivity index (χ4n) is 9.54. The van der Waals surface area contributed by atoms with Gasteiger partial charge in [0.2, 0.25) is 0 Å². The third-order valence-corrected chi connectivity index (χ3v) is 12.3. The second kappa shape index (κ2) is 13.5. The van der Waals surface area contributed by atoms with Crippen LogP contribution in [0.2, 0.25) is 0 Å². The molecule has 1 aliphatic carbocycles. The minimum absolute atomic E-state index is 0.349. The molecule has 3 heteroatoms. The molecule has 0 aliphatic heterocycles. The number of aromatic nitrogens is 1. The lowest BCUT2D eigenvalue weighted by molar-refractivity contribution is 0.669. The van der Waals surface area contributed by atoms with Gasteiger partial charge in [0.15, 0.2) is 0 Å². The summed E-state index contributed by atoms with van der Waals surface area (Å²) in [5.41, 5.74) is 12.2. The van der Waals surface area contributed by atoms with Crippen molar-refractivity contribution in [3.63, 3.8) is 0 Å². The van der Waals surface area contributed by atoms with Gasteiger partial charge in [-0.3, -0.25) is 0 Å². The molecule has 0 saturated heterocycles. The minimum atomic E-state index is 0.349. The van der Waals surface area contributed by atoms with Crippen molar-refractivity contribution in [3.05, 3.63) is 223 Å². The molecule has 0 radical (unpaired) electrons. The fraction of sp³-hybridized carbons (Fsp3) is 0.0357. The first-order valence-corrected chi connectivity index (χ1v) is 20.4. The summed E-state index contributed by atoms with van der Waals surface area (Å²) in [5, 5.41) is 9.50. The van der Waals surface area contributed by atoms with Crippen molar-refractivity contribution >= 4 is 87.9 Å². The van der Waals surface area contributed by atoms with Crippen molar-refractivity contribution in [1.29, 1.82) is 0 Å². The molecule has 0 bridgehead atoms. The maximum Gasteiger partial charge on any atom is 0.138 e. The first-order valence-electron chi connectivity index (χ1n) is 20.4. The summed E-state index contributed by atoms with van der Waals surface area (Å²) in [5.74, 6) is 0.349. The molecule has 9 aromatic carbocycles. The highest BCUT2D eigenvalue weighted by Crippen LogP contribution is 2.48. The zero-order chi connectivity index (χ0) is 38.9. The van der Waals surface area contributed by atoms with Crippen LogP contribution in [0.15, 0.2) is 217 Å². The van der Waals surface area contributed by atoms with Gasteiger partial charge in [0.25, 0.3) is 0 Å². The molecule has 2 heterocycles. The lowest BCUT2D eigenvalue weighted by Crippen LogP contribution is -2.13. The molecule has 1 aliphatic rings. The van der Waals surface area contributed by atoms with Crippen LogP contribution in [0.5, 0.6) is 0 Å². The zero-order valence-electron chi connectivity index (χ0n) is 32.3. The van der Waals surface area contributed by atoms with Crippen LogP contribution in [-0.4, -0.2) is 4.57 Å². The van der Waals surface area contributed by atoms with Gasteiger partial charge in [-0.1, -0.05) is 164 Å². The molecule has 0 amide bonds. The van der Waals surface area contributed by atoms with Crippen LogP contribution in [-0.2, 0) is 0 Å². The summed E-state index contributed by atoms with van der Waals surface area (Å²) in [6, 6.07) is 70.3. The van der Waals surface area contributed by atoms with Gasteiger partial charge in [0.05, 0.1) is 22.4 Å². The largest absolute Gasteiger partial charge is 0.456 e. The van der Waals surface area contributed by atoms with E-state index in [0.29, 0.717) is 5.92 Å². The Labute approximate surface area is 342 Å². The van der Waals surface area contributed by atoms with Crippen LogP contribution in [0.4, 0.5) is 17.1 Å². The zero-order valence-corrected chi connectivity index (χ0v) is 32.3. The van der Waals surface area contributed by atoms with E-state index in [0.717, 1.165) is 62.0 Å². The first kappa shape index (κ1) is 33.5. The number of anilines is 3. The lowest BCUT2D eigenvalue weighted by Gasteiger charge is -2.30. The molecule has 0 saturated carbocycles. The SMILES string of the molecule is C1=CC(c2ccccc2)CC=C1c1ccccc1N(c1ccc2c3ccccc3n(-c3ccc4ccccc4c3)c2c1)c1cc2oc3ccccc3c2c2ccccc12. The Morgan fingerprint density at radius 1 is 0.492 bits per heavy atom. The van der Waals surface area contributed by atoms with Gasteiger partial charge in [-0.15, -0.1) is 0 Å². The van der Waals surface area contributed by atoms with E-state index in [1.807, 2.05) is 6.07 Å². The predicted octanol–water partition coefficient (Wildman–Crippen LogP) is 15.6. The number of hydrogen-bond donors (Lipinski definition) is 0. The molecule has 1 atom stereocenters. The van der Waals surface area contributed by atoms with E-state index in [2.05, 4.69) is 216 Å². The number of rotatable bonds is 6. The third-order valence-electron chi connectivity index (χ3n) is 12.3. The van der Waals surface area contributed by atoms with Gasteiger partial charge >= 0.3 is 0 Å². The average Bonchev–Trinajstić information content (AvgIpc) is 3.85. The number of fused-ring (bicyclic) bond motifs is 9. The number of benzene rings is 9. The van der Waals surface area contributed by atoms with E-state index in [4.69, 9.17) is 4.42 Å². The van der Waals surface area contributed by atoms with Crippen LogP contribution < -0.4 is 4.90 Å². The van der Waals surface area contributed by atoms with Crippen LogP contribution in [0.1, 0.15) is 23.5 Å². The highest BCUT2D eigenvalue weighted by Gasteiger charge is 2.25. The molecule has 3 nitrogen and oxygen atoms in total. The maximum absolute atomic E-state index is 6.69. The van der Waals surface area contributed by atoms with Crippen molar-refractivity contribution in [1.82, 2.24) is 4.57 Å². The van der Waals surface area contributed by atoms with Crippen LogP contribution in [0.25, 0.3) is 76.5 Å². The number of hydrogen-bond acceptors (Lipinski definition) is 2. The van der Waals surface area contributed by atoms with Gasteiger partial charge < -0.3 is 13.9 Å². The standard InChI is InChI=1S/C56H38N2O/c1-2-14-37(15-3-1)39-26-28-40(29-27-39)44-18-8-11-23-50(44)58(53-36-55-56(48-21-7-6-20-46(48)53)49-22-10-13-25-54(49)59-55)43-32-33-47-45-19-9-12-24-51(45)57(52(47)35-43)42-31-30-38-16-4-5-17-41(38)34-42/h1-26,28-36,39H,27H2. The molecule has 11 aromatic rings. The quantitative estimate of drug-likeness (QED) is 0.169. The summed E-state index contributed by atoms with van der Waals surface area (Å²) < 4.78 is 9.12. The number of nitrogens with zero attached hydrogens (tertiary/aromatic N) is 2. The second-order valence-electron chi connectivity index (χ2n) is 15.6. The van der Waals surface area contributed by atoms with Gasteiger partial charge in [-0.2, -0.15) is 0 Å².